The molecular formula is C10H17NO3SWY-2. The Balaban J connectivity index is -0.000000653. The first kappa shape index (κ1) is 23.3. The van der Waals surface area contributed by atoms with E-state index >= 15 is 0 Å². The second-order valence-corrected chi connectivity index (χ2v) is 4.42. The maximum absolute atomic E-state index is 11.1. The molecule has 1 aliphatic rings. The zero-order chi connectivity index (χ0) is 10.6. The molecule has 17 heavy (non-hydrogen) atoms. The van der Waals surface area contributed by atoms with Gasteiger partial charge in [-0.1, -0.05) is 6.54 Å². The molecule has 1 rings (SSSR count). The molecule has 0 bridgehead atoms. The molecule has 1 heterocycles. The number of carbonyl (C=O) groups excluding carboxylic acids is 1. The Labute approximate surface area is 146 Å². The van der Waals surface area contributed by atoms with Crippen LogP contribution in [0.25, 0.3) is 0 Å². The first-order valence-corrected chi connectivity index (χ1v) is 5.87. The number of cyclic esters (lactones) is 1. The van der Waals surface area contributed by atoms with Gasteiger partial charge in [-0.25, -0.2) is 4.79 Å². The summed E-state index contributed by atoms with van der Waals surface area (Å²) in [7, 11) is -1.01. The minimum Gasteiger partial charge on any atom is -0.478 e. The van der Waals surface area contributed by atoms with Crippen molar-refractivity contribution in [2.24, 2.45) is 0 Å². The van der Waals surface area contributed by atoms with Gasteiger partial charge in [0.1, 0.15) is 0 Å². The van der Waals surface area contributed by atoms with Crippen molar-refractivity contribution >= 4 is 16.9 Å². The molecule has 4 nitrogen and oxygen atoms in total. The Morgan fingerprint density at radius 3 is 2.59 bits per heavy atom. The summed E-state index contributed by atoms with van der Waals surface area (Å²) in [4.78, 5) is 12.7. The summed E-state index contributed by atoms with van der Waals surface area (Å²) in [6.07, 6.45) is 5.38. The minimum absolute atomic E-state index is 0. The van der Waals surface area contributed by atoms with Gasteiger partial charge in [-0.05, 0) is 11.9 Å². The van der Waals surface area contributed by atoms with Gasteiger partial charge >= 0.3 is 27.2 Å². The Kier molecular flexibility index (Phi) is 16.8. The quantitative estimate of drug-likeness (QED) is 0.419. The van der Waals surface area contributed by atoms with Gasteiger partial charge in [0.15, 0.2) is 0 Å². The maximum Gasteiger partial charge on any atom is 2.00 e. The molecule has 0 spiro atoms. The van der Waals surface area contributed by atoms with Crippen molar-refractivity contribution in [1.82, 2.24) is 4.90 Å². The molecule has 1 saturated heterocycles. The number of hydrogen-bond acceptors (Lipinski definition) is 3. The van der Waals surface area contributed by atoms with Crippen molar-refractivity contribution in [3.8, 4) is 0 Å². The molecule has 0 aromatic carbocycles. The van der Waals surface area contributed by atoms with Crippen LogP contribution in [-0.2, 0) is 69.3 Å². The third-order valence-corrected chi connectivity index (χ3v) is 2.54. The summed E-state index contributed by atoms with van der Waals surface area (Å²) < 4.78 is 15.5. The van der Waals surface area contributed by atoms with Crippen molar-refractivity contribution in [3.63, 3.8) is 0 Å². The summed E-state index contributed by atoms with van der Waals surface area (Å²) in [6, 6.07) is 0. The molecule has 0 aliphatic carbocycles. The van der Waals surface area contributed by atoms with Gasteiger partial charge in [-0.3, -0.25) is 10.5 Å². The fourth-order valence-electron chi connectivity index (χ4n) is 1.19. The molecule has 0 aromatic rings. The van der Waals surface area contributed by atoms with E-state index in [1.807, 2.05) is 6.42 Å². The molecule has 0 N–H and O–H groups in total. The SMILES string of the molecule is [CH2-][C@H]1CN(C[CH-]CCS([CH2-])=O)C(=O)O1.[CH3-].[W+2].[Y]. The van der Waals surface area contributed by atoms with E-state index in [4.69, 9.17) is 4.74 Å². The van der Waals surface area contributed by atoms with E-state index in [2.05, 4.69) is 13.2 Å². The molecule has 97 valence electrons. The van der Waals surface area contributed by atoms with Crippen LogP contribution >= 0.6 is 0 Å². The van der Waals surface area contributed by atoms with Gasteiger partial charge in [-0.2, -0.15) is 6.42 Å². The summed E-state index contributed by atoms with van der Waals surface area (Å²) in [6.45, 7) is 4.70. The average Bonchev–Trinajstić information content (AvgIpc) is 2.39. The molecule has 1 unspecified atom stereocenters. The van der Waals surface area contributed by atoms with Crippen LogP contribution < -0.4 is 0 Å². The molecular weight excluding hydrogens is 487 g/mol. The van der Waals surface area contributed by atoms with Crippen LogP contribution in [0.15, 0.2) is 0 Å². The van der Waals surface area contributed by atoms with Crippen LogP contribution in [0.5, 0.6) is 0 Å². The van der Waals surface area contributed by atoms with Crippen molar-refractivity contribution in [1.29, 1.82) is 0 Å². The summed E-state index contributed by atoms with van der Waals surface area (Å²) in [5.74, 6) is 0.538. The largest absolute Gasteiger partial charge is 2.00 e. The number of rotatable bonds is 5. The Morgan fingerprint density at radius 1 is 1.59 bits per heavy atom. The van der Waals surface area contributed by atoms with Crippen LogP contribution in [0.4, 0.5) is 4.79 Å². The maximum atomic E-state index is 11.1. The second-order valence-electron chi connectivity index (χ2n) is 3.13. The number of nitrogens with zero attached hydrogens (tertiary/aromatic N) is 1. The van der Waals surface area contributed by atoms with Gasteiger partial charge in [0.2, 0.25) is 0 Å². The van der Waals surface area contributed by atoms with E-state index in [9.17, 15) is 9.00 Å². The van der Waals surface area contributed by atoms with E-state index in [0.717, 1.165) is 0 Å². The topological polar surface area (TPSA) is 46.6 Å². The third-order valence-electron chi connectivity index (χ3n) is 1.85. The van der Waals surface area contributed by atoms with E-state index in [-0.39, 0.29) is 73.4 Å². The zero-order valence-electron chi connectivity index (χ0n) is 9.96. The first-order valence-electron chi connectivity index (χ1n) is 4.38. The van der Waals surface area contributed by atoms with E-state index < -0.39 is 10.8 Å². The van der Waals surface area contributed by atoms with Crippen molar-refractivity contribution in [3.05, 3.63) is 27.0 Å². The first-order chi connectivity index (χ1) is 6.59. The van der Waals surface area contributed by atoms with Crippen LogP contribution in [0.3, 0.4) is 0 Å². The van der Waals surface area contributed by atoms with Crippen LogP contribution in [0.2, 0.25) is 0 Å². The molecule has 1 amide bonds. The normalized spacial score (nSPS) is 19.5. The monoisotopic (exact) mass is 504 g/mol. The Hall–Kier alpha value is 1.21. The van der Waals surface area contributed by atoms with E-state index in [1.54, 1.807) is 4.90 Å². The van der Waals surface area contributed by atoms with E-state index in [0.29, 0.717) is 25.3 Å². The number of amides is 1. The van der Waals surface area contributed by atoms with E-state index in [1.165, 1.54) is 0 Å². The fourth-order valence-corrected chi connectivity index (χ4v) is 1.62. The standard InChI is InChI=1S/C9H14NO3S.CH3.W.Y/c1-8-7-10(9(11)13-8)5-3-4-6-14(2)12;;;/h3,8H,1-2,4-7H2;1H3;;/q-3;-1;+2;/t8-,14?;;;/m0.../s1. The van der Waals surface area contributed by atoms with Gasteiger partial charge in [0, 0.05) is 39.3 Å². The van der Waals surface area contributed by atoms with Crippen molar-refractivity contribution < 1.29 is 67.5 Å². The fraction of sp³-hybridized carbons (Fsp3) is 0.500. The van der Waals surface area contributed by atoms with Crippen molar-refractivity contribution in [2.75, 3.05) is 18.8 Å². The number of unbranched alkanes of at least 4 members (excludes halogenated alkanes) is 1. The van der Waals surface area contributed by atoms with Crippen LogP contribution in [0.1, 0.15) is 6.42 Å². The molecule has 1 aliphatic heterocycles. The zero-order valence-corrected chi connectivity index (χ0v) is 16.6. The smallest absolute Gasteiger partial charge is 0.478 e. The second kappa shape index (κ2) is 12.3. The summed E-state index contributed by atoms with van der Waals surface area (Å²) in [5, 5.41) is 0. The van der Waals surface area contributed by atoms with Gasteiger partial charge in [0.25, 0.3) is 0 Å². The molecule has 1 radical (unpaired) electrons. The molecule has 1 fully saturated rings. The third kappa shape index (κ3) is 9.75. The van der Waals surface area contributed by atoms with Crippen molar-refractivity contribution in [2.45, 2.75) is 12.5 Å². The Morgan fingerprint density at radius 2 is 2.18 bits per heavy atom. The minimum atomic E-state index is -1.01. The predicted molar refractivity (Wildman–Crippen MR) is 60.9 cm³/mol. The summed E-state index contributed by atoms with van der Waals surface area (Å²) in [5.41, 5.74) is 0. The molecule has 0 saturated carbocycles. The molecule has 2 atom stereocenters. The van der Waals surface area contributed by atoms with Gasteiger partial charge in [-0.15, -0.1) is 10.8 Å². The van der Waals surface area contributed by atoms with Crippen LogP contribution in [-0.4, -0.2) is 40.1 Å². The number of carbonyl (C=O) groups is 1. The number of hydrogen-bond donors (Lipinski definition) is 0. The molecule has 0 aromatic heterocycles. The van der Waals surface area contributed by atoms with Crippen LogP contribution in [0, 0.1) is 27.0 Å². The predicted octanol–water partition coefficient (Wildman–Crippen LogP) is 1.22. The molecule has 7 heteroatoms. The number of ether oxygens (including phenoxy) is 1. The van der Waals surface area contributed by atoms with Gasteiger partial charge in [0.05, 0.1) is 0 Å². The Bertz CT molecular complexity index is 244. The summed E-state index contributed by atoms with van der Waals surface area (Å²) >= 11 is 0. The van der Waals surface area contributed by atoms with Gasteiger partial charge < -0.3 is 30.4 Å². The average molecular weight is 504 g/mol.